The van der Waals surface area contributed by atoms with E-state index in [-0.39, 0.29) is 22.6 Å². The summed E-state index contributed by atoms with van der Waals surface area (Å²) >= 11 is 0. The summed E-state index contributed by atoms with van der Waals surface area (Å²) in [6.45, 7) is 5.35. The maximum atomic E-state index is 13.5. The molecular formula is C24H21F3N6O4S. The fraction of sp³-hybridized carbons (Fsp3) is 0.167. The molecule has 10 nitrogen and oxygen atoms in total. The number of nitrogen functional groups attached to an aromatic ring is 1. The third-order valence-corrected chi connectivity index (χ3v) is 6.57. The van der Waals surface area contributed by atoms with Gasteiger partial charge in [0.25, 0.3) is 15.9 Å². The first-order valence-electron chi connectivity index (χ1n) is 10.9. The highest BCUT2D eigenvalue weighted by atomic mass is 32.2. The quantitative estimate of drug-likeness (QED) is 0.324. The monoisotopic (exact) mass is 546 g/mol. The van der Waals surface area contributed by atoms with Gasteiger partial charge < -0.3 is 10.5 Å². The van der Waals surface area contributed by atoms with E-state index in [1.807, 2.05) is 11.6 Å². The molecule has 0 bridgehead atoms. The van der Waals surface area contributed by atoms with E-state index in [0.29, 0.717) is 16.9 Å². The van der Waals surface area contributed by atoms with Crippen molar-refractivity contribution in [2.24, 2.45) is 0 Å². The number of carbonyl (C=O) groups is 1. The van der Waals surface area contributed by atoms with Gasteiger partial charge >= 0.3 is 6.18 Å². The van der Waals surface area contributed by atoms with Crippen molar-refractivity contribution in [3.8, 4) is 22.9 Å². The molecule has 0 aliphatic heterocycles. The molecule has 3 heterocycles. The minimum atomic E-state index is -4.78. The van der Waals surface area contributed by atoms with Gasteiger partial charge in [-0.25, -0.2) is 14.7 Å². The van der Waals surface area contributed by atoms with E-state index in [0.717, 1.165) is 30.0 Å². The smallest absolute Gasteiger partial charge is 0.435 e. The van der Waals surface area contributed by atoms with Crippen molar-refractivity contribution >= 4 is 21.7 Å². The highest BCUT2D eigenvalue weighted by Gasteiger charge is 2.37. The van der Waals surface area contributed by atoms with Gasteiger partial charge in [-0.1, -0.05) is 23.8 Å². The number of alkyl halides is 3. The number of hydrogen-bond donors (Lipinski definition) is 3. The number of H-pyrrole nitrogens is 1. The number of ether oxygens (including phenoxy) is 1. The van der Waals surface area contributed by atoms with Crippen LogP contribution in [0.1, 0.15) is 32.7 Å². The zero-order valence-electron chi connectivity index (χ0n) is 20.2. The maximum absolute atomic E-state index is 13.5. The van der Waals surface area contributed by atoms with Gasteiger partial charge in [0.1, 0.15) is 17.1 Å². The van der Waals surface area contributed by atoms with Gasteiger partial charge in [-0.05, 0) is 56.2 Å². The fourth-order valence-corrected chi connectivity index (χ4v) is 4.72. The molecule has 0 fully saturated rings. The lowest BCUT2D eigenvalue weighted by Gasteiger charge is -2.16. The molecule has 0 aliphatic carbocycles. The lowest BCUT2D eigenvalue weighted by molar-refractivity contribution is -0.140. The Balaban J connectivity index is 1.81. The Labute approximate surface area is 215 Å². The molecule has 38 heavy (non-hydrogen) atoms. The van der Waals surface area contributed by atoms with Crippen molar-refractivity contribution in [2.45, 2.75) is 32.0 Å². The van der Waals surface area contributed by atoms with Crippen LogP contribution < -0.4 is 15.2 Å². The van der Waals surface area contributed by atoms with Crippen LogP contribution in [0.25, 0.3) is 11.3 Å². The van der Waals surface area contributed by atoms with Gasteiger partial charge in [0, 0.05) is 6.20 Å². The van der Waals surface area contributed by atoms with Crippen LogP contribution in [0.15, 0.2) is 53.7 Å². The van der Waals surface area contributed by atoms with Gasteiger partial charge in [-0.2, -0.15) is 26.7 Å². The summed E-state index contributed by atoms with van der Waals surface area (Å²) in [5, 5.41) is 4.91. The third-order valence-electron chi connectivity index (χ3n) is 5.34. The molecule has 198 valence electrons. The van der Waals surface area contributed by atoms with E-state index in [1.165, 1.54) is 12.1 Å². The zero-order chi connectivity index (χ0) is 27.8. The first-order valence-corrected chi connectivity index (χ1v) is 12.4. The number of hydrogen-bond acceptors (Lipinski definition) is 8. The summed E-state index contributed by atoms with van der Waals surface area (Å²) in [6, 6.07) is 9.70. The number of carbonyl (C=O) groups excluding carboxylic acids is 1. The van der Waals surface area contributed by atoms with Crippen LogP contribution in [0.2, 0.25) is 0 Å². The maximum Gasteiger partial charge on any atom is 0.435 e. The largest absolute Gasteiger partial charge is 0.438 e. The molecule has 0 saturated heterocycles. The van der Waals surface area contributed by atoms with Crippen LogP contribution in [-0.2, 0) is 16.2 Å². The van der Waals surface area contributed by atoms with Crippen LogP contribution >= 0.6 is 0 Å². The molecule has 1 amide bonds. The van der Waals surface area contributed by atoms with E-state index in [9.17, 15) is 26.4 Å². The van der Waals surface area contributed by atoms with Gasteiger partial charge in [0.05, 0.1) is 11.3 Å². The van der Waals surface area contributed by atoms with E-state index >= 15 is 0 Å². The normalized spacial score (nSPS) is 11.8. The number of sulfonamides is 1. The first kappa shape index (κ1) is 26.6. The van der Waals surface area contributed by atoms with Gasteiger partial charge in [0.2, 0.25) is 5.88 Å². The molecule has 4 N–H and O–H groups in total. The number of nitrogens with zero attached hydrogens (tertiary/aromatic N) is 3. The predicted octanol–water partition coefficient (Wildman–Crippen LogP) is 4.30. The van der Waals surface area contributed by atoms with Crippen LogP contribution in [0.5, 0.6) is 11.6 Å². The number of amides is 1. The van der Waals surface area contributed by atoms with Crippen molar-refractivity contribution in [1.29, 1.82) is 0 Å². The molecule has 0 aliphatic rings. The van der Waals surface area contributed by atoms with Gasteiger partial charge in [-0.15, -0.1) is 0 Å². The van der Waals surface area contributed by atoms with Gasteiger partial charge in [-0.3, -0.25) is 9.89 Å². The molecule has 4 aromatic rings. The SMILES string of the molecule is Cc1cc(C)c(Oc2nc(-c3c[nH]nc3C(F)(F)F)ccc2C(=O)NS(=O)(=O)c2cccc(N)n2)c(C)c1. The van der Waals surface area contributed by atoms with Crippen LogP contribution in [-0.4, -0.2) is 34.5 Å². The van der Waals surface area contributed by atoms with Crippen molar-refractivity contribution in [2.75, 3.05) is 5.73 Å². The van der Waals surface area contributed by atoms with Crippen molar-refractivity contribution in [3.05, 3.63) is 76.6 Å². The number of nitrogens with one attached hydrogen (secondary N) is 2. The Morgan fingerprint density at radius 3 is 2.37 bits per heavy atom. The fourth-order valence-electron chi connectivity index (χ4n) is 3.78. The Morgan fingerprint density at radius 1 is 1.05 bits per heavy atom. The van der Waals surface area contributed by atoms with Gasteiger partial charge in [0.15, 0.2) is 10.7 Å². The summed E-state index contributed by atoms with van der Waals surface area (Å²) in [5.74, 6) is -1.34. The number of anilines is 1. The average Bonchev–Trinajstić information content (AvgIpc) is 3.32. The van der Waals surface area contributed by atoms with E-state index in [1.54, 1.807) is 26.0 Å². The lowest BCUT2D eigenvalue weighted by Crippen LogP contribution is -2.31. The Hall–Kier alpha value is -4.46. The second kappa shape index (κ2) is 9.78. The standard InChI is InChI=1S/C24H21F3N6O4S/c1-12-9-13(2)20(14(3)10-12)37-23-15(22(34)33-38(35,36)19-6-4-5-18(28)31-19)7-8-17(30-23)16-11-29-32-21(16)24(25,26)27/h4-11H,1-3H3,(H2,28,31)(H,29,32)(H,33,34). The summed E-state index contributed by atoms with van der Waals surface area (Å²) in [5.41, 5.74) is 5.65. The third kappa shape index (κ3) is 5.44. The van der Waals surface area contributed by atoms with E-state index in [2.05, 4.69) is 20.2 Å². The Kier molecular flexibility index (Phi) is 6.84. The number of benzene rings is 1. The second-order valence-electron chi connectivity index (χ2n) is 8.36. The summed E-state index contributed by atoms with van der Waals surface area (Å²) in [7, 11) is -4.46. The van der Waals surface area contributed by atoms with Crippen LogP contribution in [0.3, 0.4) is 0 Å². The van der Waals surface area contributed by atoms with E-state index in [4.69, 9.17) is 10.5 Å². The minimum absolute atomic E-state index is 0.0822. The highest BCUT2D eigenvalue weighted by molar-refractivity contribution is 7.90. The number of halogens is 3. The predicted molar refractivity (Wildman–Crippen MR) is 131 cm³/mol. The van der Waals surface area contributed by atoms with E-state index < -0.39 is 38.7 Å². The molecule has 0 spiro atoms. The Morgan fingerprint density at radius 2 is 1.74 bits per heavy atom. The number of pyridine rings is 2. The average molecular weight is 547 g/mol. The number of aromatic amines is 1. The highest BCUT2D eigenvalue weighted by Crippen LogP contribution is 2.37. The number of aromatic nitrogens is 4. The second-order valence-corrected chi connectivity index (χ2v) is 9.99. The van der Waals surface area contributed by atoms with Crippen LogP contribution in [0, 0.1) is 20.8 Å². The van der Waals surface area contributed by atoms with Crippen molar-refractivity contribution in [3.63, 3.8) is 0 Å². The number of rotatable bonds is 6. The zero-order valence-corrected chi connectivity index (χ0v) is 21.0. The molecule has 0 radical (unpaired) electrons. The number of aryl methyl sites for hydroxylation is 3. The minimum Gasteiger partial charge on any atom is -0.438 e. The van der Waals surface area contributed by atoms with Crippen LogP contribution in [0.4, 0.5) is 19.0 Å². The molecule has 4 rings (SSSR count). The lowest BCUT2D eigenvalue weighted by atomic mass is 10.1. The summed E-state index contributed by atoms with van der Waals surface area (Å²) in [6.07, 6.45) is -3.77. The molecule has 0 saturated carbocycles. The van der Waals surface area contributed by atoms with Crippen molar-refractivity contribution < 1.29 is 31.1 Å². The molecule has 0 unspecified atom stereocenters. The molecular weight excluding hydrogens is 525 g/mol. The summed E-state index contributed by atoms with van der Waals surface area (Å²) < 4.78 is 73.7. The molecule has 14 heteroatoms. The molecule has 1 aromatic carbocycles. The first-order chi connectivity index (χ1) is 17.8. The topological polar surface area (TPSA) is 153 Å². The Bertz CT molecular complexity index is 1630. The molecule has 0 atom stereocenters. The number of nitrogens with two attached hydrogens (primary N) is 1. The summed E-state index contributed by atoms with van der Waals surface area (Å²) in [4.78, 5) is 21.0. The molecule has 3 aromatic heterocycles. The van der Waals surface area contributed by atoms with Crippen molar-refractivity contribution in [1.82, 2.24) is 24.9 Å².